The molecule has 0 aliphatic rings. The first-order chi connectivity index (χ1) is 14.2. The summed E-state index contributed by atoms with van der Waals surface area (Å²) < 4.78 is 7.57. The molecule has 0 fully saturated rings. The van der Waals surface area contributed by atoms with Gasteiger partial charge in [0.05, 0.1) is 23.7 Å². The number of rotatable bonds is 6. The third-order valence-electron chi connectivity index (χ3n) is 4.81. The van der Waals surface area contributed by atoms with Crippen molar-refractivity contribution in [3.63, 3.8) is 0 Å². The van der Waals surface area contributed by atoms with E-state index in [0.29, 0.717) is 28.5 Å². The smallest absolute Gasteiger partial charge is 0.336 e. The van der Waals surface area contributed by atoms with Gasteiger partial charge in [-0.05, 0) is 43.2 Å². The molecule has 2 aromatic carbocycles. The highest BCUT2D eigenvalue weighted by molar-refractivity contribution is 6.31. The second kappa shape index (κ2) is 8.75. The summed E-state index contributed by atoms with van der Waals surface area (Å²) in [5.74, 6) is 0.446. The van der Waals surface area contributed by atoms with Crippen LogP contribution in [0.15, 0.2) is 52.1 Å². The summed E-state index contributed by atoms with van der Waals surface area (Å²) in [6, 6.07) is 10.5. The normalized spacial score (nSPS) is 12.2. The molecule has 1 N–H and O–H groups in total. The molecule has 3 aromatic rings. The van der Waals surface area contributed by atoms with Crippen LogP contribution >= 0.6 is 11.6 Å². The molecular weight excluding hydrogens is 406 g/mol. The second-order valence-corrected chi connectivity index (χ2v) is 7.91. The number of carbonyl (C=O) groups excluding carboxylic acids is 1. The SMILES string of the molecule is COc1cccc(-n2c(=O)c3ccc(Cl)cc3n([C@H](C)C(=O)NCC(C)C)c2=O)c1. The minimum absolute atomic E-state index is 0.259. The van der Waals surface area contributed by atoms with Crippen molar-refractivity contribution in [2.75, 3.05) is 13.7 Å². The molecule has 158 valence electrons. The Balaban J connectivity index is 2.30. The highest BCUT2D eigenvalue weighted by Crippen LogP contribution is 2.20. The van der Waals surface area contributed by atoms with Gasteiger partial charge in [0.25, 0.3) is 5.56 Å². The molecule has 0 aliphatic heterocycles. The Morgan fingerprint density at radius 1 is 1.13 bits per heavy atom. The van der Waals surface area contributed by atoms with Crippen LogP contribution in [-0.4, -0.2) is 28.7 Å². The van der Waals surface area contributed by atoms with E-state index in [0.717, 1.165) is 4.57 Å². The monoisotopic (exact) mass is 429 g/mol. The maximum atomic E-state index is 13.5. The van der Waals surface area contributed by atoms with Crippen molar-refractivity contribution in [3.05, 3.63) is 68.3 Å². The van der Waals surface area contributed by atoms with Crippen LogP contribution in [0.4, 0.5) is 0 Å². The van der Waals surface area contributed by atoms with Crippen LogP contribution in [0.25, 0.3) is 16.6 Å². The number of ether oxygens (including phenoxy) is 1. The number of nitrogens with zero attached hydrogens (tertiary/aromatic N) is 2. The van der Waals surface area contributed by atoms with Crippen molar-refractivity contribution in [2.45, 2.75) is 26.8 Å². The summed E-state index contributed by atoms with van der Waals surface area (Å²) in [7, 11) is 1.50. The van der Waals surface area contributed by atoms with Crippen LogP contribution in [0, 0.1) is 5.92 Å². The minimum Gasteiger partial charge on any atom is -0.497 e. The van der Waals surface area contributed by atoms with Crippen molar-refractivity contribution in [1.29, 1.82) is 0 Å². The molecule has 0 radical (unpaired) electrons. The van der Waals surface area contributed by atoms with Crippen LogP contribution < -0.4 is 21.3 Å². The van der Waals surface area contributed by atoms with Crippen LogP contribution in [0.5, 0.6) is 5.75 Å². The first-order valence-corrected chi connectivity index (χ1v) is 10.0. The molecular formula is C22H24ClN3O4. The van der Waals surface area contributed by atoms with E-state index in [9.17, 15) is 14.4 Å². The van der Waals surface area contributed by atoms with Crippen LogP contribution in [0.2, 0.25) is 5.02 Å². The highest BCUT2D eigenvalue weighted by atomic mass is 35.5. The Labute approximate surface area is 178 Å². The molecule has 1 atom stereocenters. The van der Waals surface area contributed by atoms with Gasteiger partial charge in [-0.3, -0.25) is 14.2 Å². The number of carbonyl (C=O) groups is 1. The maximum absolute atomic E-state index is 13.5. The van der Waals surface area contributed by atoms with E-state index in [4.69, 9.17) is 16.3 Å². The van der Waals surface area contributed by atoms with Gasteiger partial charge in [0.2, 0.25) is 5.91 Å². The number of aromatic nitrogens is 2. The number of fused-ring (bicyclic) bond motifs is 1. The quantitative estimate of drug-likeness (QED) is 0.652. The molecule has 3 rings (SSSR count). The first kappa shape index (κ1) is 21.6. The first-order valence-electron chi connectivity index (χ1n) is 9.63. The molecule has 0 spiro atoms. The summed E-state index contributed by atoms with van der Waals surface area (Å²) in [4.78, 5) is 39.4. The molecule has 1 amide bonds. The molecule has 1 aromatic heterocycles. The van der Waals surface area contributed by atoms with Gasteiger partial charge in [-0.2, -0.15) is 0 Å². The Morgan fingerprint density at radius 3 is 2.53 bits per heavy atom. The number of nitrogens with one attached hydrogen (secondary N) is 1. The van der Waals surface area contributed by atoms with Gasteiger partial charge in [0.15, 0.2) is 0 Å². The summed E-state index contributed by atoms with van der Waals surface area (Å²) in [5, 5.41) is 3.49. The molecule has 0 unspecified atom stereocenters. The third-order valence-corrected chi connectivity index (χ3v) is 5.05. The van der Waals surface area contributed by atoms with E-state index in [1.807, 2.05) is 13.8 Å². The van der Waals surface area contributed by atoms with Gasteiger partial charge in [0, 0.05) is 17.6 Å². The van der Waals surface area contributed by atoms with Gasteiger partial charge in [0.1, 0.15) is 11.8 Å². The Kier molecular flexibility index (Phi) is 6.31. The van der Waals surface area contributed by atoms with Gasteiger partial charge in [-0.1, -0.05) is 31.5 Å². The fraction of sp³-hybridized carbons (Fsp3) is 0.318. The molecule has 0 bridgehead atoms. The molecule has 0 saturated heterocycles. The molecule has 0 saturated carbocycles. The lowest BCUT2D eigenvalue weighted by Crippen LogP contribution is -2.44. The molecule has 1 heterocycles. The van der Waals surface area contributed by atoms with E-state index in [2.05, 4.69) is 5.32 Å². The van der Waals surface area contributed by atoms with Crippen molar-refractivity contribution in [3.8, 4) is 11.4 Å². The minimum atomic E-state index is -0.852. The average Bonchev–Trinajstić information content (AvgIpc) is 2.71. The Hall–Kier alpha value is -3.06. The zero-order valence-electron chi connectivity index (χ0n) is 17.3. The summed E-state index contributed by atoms with van der Waals surface area (Å²) in [5.41, 5.74) is -0.463. The molecule has 8 heteroatoms. The van der Waals surface area contributed by atoms with E-state index >= 15 is 0 Å². The number of hydrogen-bond donors (Lipinski definition) is 1. The largest absolute Gasteiger partial charge is 0.497 e. The zero-order valence-corrected chi connectivity index (χ0v) is 18.1. The van der Waals surface area contributed by atoms with Gasteiger partial charge >= 0.3 is 5.69 Å². The van der Waals surface area contributed by atoms with Crippen LogP contribution in [0.3, 0.4) is 0 Å². The lowest BCUT2D eigenvalue weighted by molar-refractivity contribution is -0.124. The topological polar surface area (TPSA) is 82.3 Å². The Morgan fingerprint density at radius 2 is 1.87 bits per heavy atom. The van der Waals surface area contributed by atoms with Crippen molar-refractivity contribution >= 4 is 28.4 Å². The maximum Gasteiger partial charge on any atom is 0.336 e. The standard InChI is InChI=1S/C22H24ClN3O4/c1-13(2)12-24-20(27)14(3)25-19-10-15(23)8-9-18(19)21(28)26(22(25)29)16-6-5-7-17(11-16)30-4/h5-11,13-14H,12H2,1-4H3,(H,24,27)/t14-/m1/s1. The van der Waals surface area contributed by atoms with Crippen molar-refractivity contribution in [2.24, 2.45) is 5.92 Å². The molecule has 7 nitrogen and oxygen atoms in total. The lowest BCUT2D eigenvalue weighted by atomic mass is 10.2. The van der Waals surface area contributed by atoms with Crippen molar-refractivity contribution in [1.82, 2.24) is 14.5 Å². The Bertz CT molecular complexity index is 1210. The average molecular weight is 430 g/mol. The fourth-order valence-corrected chi connectivity index (χ4v) is 3.39. The van der Waals surface area contributed by atoms with E-state index in [1.54, 1.807) is 43.3 Å². The molecule has 30 heavy (non-hydrogen) atoms. The predicted molar refractivity (Wildman–Crippen MR) is 118 cm³/mol. The number of benzene rings is 2. The van der Waals surface area contributed by atoms with E-state index < -0.39 is 17.3 Å². The van der Waals surface area contributed by atoms with Crippen LogP contribution in [-0.2, 0) is 4.79 Å². The van der Waals surface area contributed by atoms with Gasteiger partial charge in [-0.15, -0.1) is 0 Å². The van der Waals surface area contributed by atoms with Gasteiger partial charge in [-0.25, -0.2) is 9.36 Å². The number of hydrogen-bond acceptors (Lipinski definition) is 4. The number of amides is 1. The number of halogens is 1. The lowest BCUT2D eigenvalue weighted by Gasteiger charge is -2.20. The highest BCUT2D eigenvalue weighted by Gasteiger charge is 2.23. The third kappa shape index (κ3) is 4.11. The summed E-state index contributed by atoms with van der Waals surface area (Å²) in [6.07, 6.45) is 0. The molecule has 0 aliphatic carbocycles. The second-order valence-electron chi connectivity index (χ2n) is 7.47. The van der Waals surface area contributed by atoms with E-state index in [-0.39, 0.29) is 17.2 Å². The fourth-order valence-electron chi connectivity index (χ4n) is 3.22. The van der Waals surface area contributed by atoms with Gasteiger partial charge < -0.3 is 10.1 Å². The summed E-state index contributed by atoms with van der Waals surface area (Å²) >= 11 is 6.14. The predicted octanol–water partition coefficient (Wildman–Crippen LogP) is 3.15. The van der Waals surface area contributed by atoms with Crippen molar-refractivity contribution < 1.29 is 9.53 Å². The zero-order chi connectivity index (χ0) is 22.0. The van der Waals surface area contributed by atoms with E-state index in [1.165, 1.54) is 17.7 Å². The number of methoxy groups -OCH3 is 1. The summed E-state index contributed by atoms with van der Waals surface area (Å²) in [6.45, 7) is 6.06. The van der Waals surface area contributed by atoms with Crippen LogP contribution in [0.1, 0.15) is 26.8 Å².